The first-order valence-corrected chi connectivity index (χ1v) is 6.27. The highest BCUT2D eigenvalue weighted by Gasteiger charge is 2.31. The molecule has 18 heavy (non-hydrogen) atoms. The first kappa shape index (κ1) is 13.8. The molecule has 1 saturated heterocycles. The number of benzene rings is 1. The van der Waals surface area contributed by atoms with Gasteiger partial charge in [-0.15, -0.1) is 0 Å². The highest BCUT2D eigenvalue weighted by molar-refractivity contribution is 9.10. The fourth-order valence-corrected chi connectivity index (χ4v) is 2.11. The summed E-state index contributed by atoms with van der Waals surface area (Å²) in [5, 5.41) is 0. The summed E-state index contributed by atoms with van der Waals surface area (Å²) in [6, 6.07) is 3.55. The molecule has 0 N–H and O–H groups in total. The summed E-state index contributed by atoms with van der Waals surface area (Å²) in [6.45, 7) is 2.79. The summed E-state index contributed by atoms with van der Waals surface area (Å²) in [7, 11) is 0. The third-order valence-corrected chi connectivity index (χ3v) is 3.42. The van der Waals surface area contributed by atoms with Gasteiger partial charge in [0.15, 0.2) is 0 Å². The number of hydrogen-bond acceptors (Lipinski definition) is 2. The van der Waals surface area contributed by atoms with E-state index < -0.39 is 17.8 Å². The van der Waals surface area contributed by atoms with Crippen LogP contribution in [0.25, 0.3) is 0 Å². The summed E-state index contributed by atoms with van der Waals surface area (Å²) in [5.74, 6) is 0. The van der Waals surface area contributed by atoms with E-state index in [-0.39, 0.29) is 6.10 Å². The lowest BCUT2D eigenvalue weighted by Gasteiger charge is -2.16. The van der Waals surface area contributed by atoms with Crippen LogP contribution in [-0.4, -0.2) is 19.3 Å². The predicted octanol–water partition coefficient (Wildman–Crippen LogP) is 3.94. The molecule has 0 spiro atoms. The van der Waals surface area contributed by atoms with Gasteiger partial charge < -0.3 is 9.47 Å². The largest absolute Gasteiger partial charge is 0.416 e. The van der Waals surface area contributed by atoms with E-state index in [0.29, 0.717) is 23.2 Å². The summed E-state index contributed by atoms with van der Waals surface area (Å²) in [6.07, 6.45) is -4.66. The maximum atomic E-state index is 12.6. The smallest absolute Gasteiger partial charge is 0.371 e. The number of ether oxygens (including phenoxy) is 2. The average Bonchev–Trinajstić information content (AvgIpc) is 3.08. The molecule has 2 rings (SSSR count). The Morgan fingerprint density at radius 1 is 1.50 bits per heavy atom. The third kappa shape index (κ3) is 3.46. The Balaban J connectivity index is 2.13. The van der Waals surface area contributed by atoms with Gasteiger partial charge in [0.25, 0.3) is 0 Å². The van der Waals surface area contributed by atoms with Crippen molar-refractivity contribution in [1.29, 1.82) is 0 Å². The average molecular weight is 325 g/mol. The van der Waals surface area contributed by atoms with E-state index in [1.165, 1.54) is 6.07 Å². The van der Waals surface area contributed by atoms with Crippen molar-refractivity contribution in [3.63, 3.8) is 0 Å². The van der Waals surface area contributed by atoms with Crippen LogP contribution in [0.2, 0.25) is 0 Å². The minimum Gasteiger partial charge on any atom is -0.371 e. The van der Waals surface area contributed by atoms with Gasteiger partial charge in [0.2, 0.25) is 0 Å². The van der Waals surface area contributed by atoms with E-state index in [1.807, 2.05) is 0 Å². The Labute approximate surface area is 111 Å². The second kappa shape index (κ2) is 5.19. The summed E-state index contributed by atoms with van der Waals surface area (Å²) in [5.41, 5.74) is -0.177. The third-order valence-electron chi connectivity index (χ3n) is 2.70. The summed E-state index contributed by atoms with van der Waals surface area (Å²) in [4.78, 5) is 0. The first-order valence-electron chi connectivity index (χ1n) is 5.48. The summed E-state index contributed by atoms with van der Waals surface area (Å²) >= 11 is 3.24. The zero-order valence-electron chi connectivity index (χ0n) is 9.63. The number of alkyl halides is 3. The normalized spacial score (nSPS) is 20.8. The quantitative estimate of drug-likeness (QED) is 0.782. The van der Waals surface area contributed by atoms with Crippen LogP contribution >= 0.6 is 15.9 Å². The van der Waals surface area contributed by atoms with Crippen LogP contribution in [0.5, 0.6) is 0 Å². The molecule has 0 bridgehead atoms. The Bertz CT molecular complexity index is 430. The van der Waals surface area contributed by atoms with Gasteiger partial charge in [-0.2, -0.15) is 13.2 Å². The van der Waals surface area contributed by atoms with Gasteiger partial charge in [-0.3, -0.25) is 0 Å². The molecule has 1 aromatic carbocycles. The number of rotatable bonds is 4. The highest BCUT2D eigenvalue weighted by Crippen LogP contribution is 2.34. The predicted molar refractivity (Wildman–Crippen MR) is 63.3 cm³/mol. The van der Waals surface area contributed by atoms with Gasteiger partial charge >= 0.3 is 6.18 Å². The van der Waals surface area contributed by atoms with Gasteiger partial charge in [0.05, 0.1) is 24.9 Å². The van der Waals surface area contributed by atoms with Crippen LogP contribution in [-0.2, 0) is 15.7 Å². The zero-order valence-corrected chi connectivity index (χ0v) is 11.2. The van der Waals surface area contributed by atoms with Crippen LogP contribution in [0.15, 0.2) is 22.7 Å². The lowest BCUT2D eigenvalue weighted by molar-refractivity contribution is -0.137. The van der Waals surface area contributed by atoms with E-state index in [1.54, 1.807) is 6.92 Å². The molecule has 1 aromatic rings. The number of epoxide rings is 1. The molecular weight excluding hydrogens is 313 g/mol. The van der Waals surface area contributed by atoms with E-state index in [0.717, 1.165) is 12.1 Å². The van der Waals surface area contributed by atoms with Gasteiger partial charge in [-0.05, 0) is 30.7 Å². The van der Waals surface area contributed by atoms with Crippen molar-refractivity contribution < 1.29 is 22.6 Å². The molecule has 0 aromatic heterocycles. The van der Waals surface area contributed by atoms with Crippen LogP contribution in [0.1, 0.15) is 24.2 Å². The second-order valence-corrected chi connectivity index (χ2v) is 5.02. The fraction of sp³-hybridized carbons (Fsp3) is 0.500. The van der Waals surface area contributed by atoms with E-state index >= 15 is 0 Å². The van der Waals surface area contributed by atoms with Crippen molar-refractivity contribution in [2.75, 3.05) is 13.2 Å². The van der Waals surface area contributed by atoms with Crippen LogP contribution < -0.4 is 0 Å². The zero-order chi connectivity index (χ0) is 13.3. The maximum Gasteiger partial charge on any atom is 0.416 e. The SMILES string of the molecule is C[C@@H](OCC1CO1)c1cc(C(F)(F)F)ccc1Br. The number of halogens is 4. The Hall–Kier alpha value is -0.590. The minimum atomic E-state index is -4.34. The molecule has 6 heteroatoms. The molecule has 1 aliphatic rings. The Morgan fingerprint density at radius 2 is 2.17 bits per heavy atom. The van der Waals surface area contributed by atoms with Crippen LogP contribution in [0.4, 0.5) is 13.2 Å². The van der Waals surface area contributed by atoms with Crippen LogP contribution in [0.3, 0.4) is 0 Å². The Kier molecular flexibility index (Phi) is 3.99. The lowest BCUT2D eigenvalue weighted by Crippen LogP contribution is -2.10. The van der Waals surface area contributed by atoms with Crippen molar-refractivity contribution in [1.82, 2.24) is 0 Å². The van der Waals surface area contributed by atoms with Crippen LogP contribution in [0, 0.1) is 0 Å². The molecule has 1 fully saturated rings. The van der Waals surface area contributed by atoms with Crippen molar-refractivity contribution in [2.24, 2.45) is 0 Å². The molecule has 1 aliphatic heterocycles. The molecule has 1 heterocycles. The molecule has 0 radical (unpaired) electrons. The number of hydrogen-bond donors (Lipinski definition) is 0. The van der Waals surface area contributed by atoms with Crippen molar-refractivity contribution in [3.05, 3.63) is 33.8 Å². The molecule has 0 aliphatic carbocycles. The van der Waals surface area contributed by atoms with E-state index in [9.17, 15) is 13.2 Å². The molecular formula is C12H12BrF3O2. The first-order chi connectivity index (χ1) is 8.38. The molecule has 0 amide bonds. The maximum absolute atomic E-state index is 12.6. The van der Waals surface area contributed by atoms with Crippen molar-refractivity contribution in [2.45, 2.75) is 25.3 Å². The lowest BCUT2D eigenvalue weighted by atomic mass is 10.1. The van der Waals surface area contributed by atoms with Gasteiger partial charge in [0, 0.05) is 4.47 Å². The molecule has 2 atom stereocenters. The topological polar surface area (TPSA) is 21.8 Å². The Morgan fingerprint density at radius 3 is 2.72 bits per heavy atom. The fourth-order valence-electron chi connectivity index (χ4n) is 1.54. The van der Waals surface area contributed by atoms with Gasteiger partial charge in [0.1, 0.15) is 6.10 Å². The van der Waals surface area contributed by atoms with E-state index in [2.05, 4.69) is 15.9 Å². The minimum absolute atomic E-state index is 0.0945. The van der Waals surface area contributed by atoms with Gasteiger partial charge in [-0.1, -0.05) is 15.9 Å². The molecule has 0 saturated carbocycles. The molecule has 100 valence electrons. The molecule has 1 unspecified atom stereocenters. The monoisotopic (exact) mass is 324 g/mol. The van der Waals surface area contributed by atoms with E-state index in [4.69, 9.17) is 9.47 Å². The van der Waals surface area contributed by atoms with Crippen molar-refractivity contribution >= 4 is 15.9 Å². The van der Waals surface area contributed by atoms with Crippen molar-refractivity contribution in [3.8, 4) is 0 Å². The van der Waals surface area contributed by atoms with Gasteiger partial charge in [-0.25, -0.2) is 0 Å². The highest BCUT2D eigenvalue weighted by atomic mass is 79.9. The standard InChI is InChI=1S/C12H12BrF3O2/c1-7(17-5-9-6-18-9)10-4-8(12(14,15)16)2-3-11(10)13/h2-4,7,9H,5-6H2,1H3/t7-,9?/m1/s1. The molecule has 2 nitrogen and oxygen atoms in total. The summed E-state index contributed by atoms with van der Waals surface area (Å²) < 4.78 is 48.9. The second-order valence-electron chi connectivity index (χ2n) is 4.16.